The molecule has 0 bridgehead atoms. The monoisotopic (exact) mass is 389 g/mol. The first kappa shape index (κ1) is 18.9. The Morgan fingerprint density at radius 2 is 2.04 bits per heavy atom. The van der Waals surface area contributed by atoms with Gasteiger partial charge in [-0.25, -0.2) is 9.59 Å². The average Bonchev–Trinajstić information content (AvgIpc) is 2.96. The summed E-state index contributed by atoms with van der Waals surface area (Å²) in [5.74, 6) is -0.495. The molecule has 9 nitrogen and oxygen atoms in total. The van der Waals surface area contributed by atoms with Crippen LogP contribution in [0, 0.1) is 0 Å². The molecule has 0 aliphatic heterocycles. The smallest absolute Gasteiger partial charge is 0.346 e. The number of carboxylic acids is 1. The summed E-state index contributed by atoms with van der Waals surface area (Å²) in [4.78, 5) is 34.2. The van der Waals surface area contributed by atoms with Crippen molar-refractivity contribution >= 4 is 34.1 Å². The number of hydrogen-bond acceptors (Lipinski definition) is 6. The molecule has 2 heterocycles. The van der Waals surface area contributed by atoms with Crippen molar-refractivity contribution in [2.75, 3.05) is 11.5 Å². The molecule has 27 heavy (non-hydrogen) atoms. The number of nitrogens with one attached hydrogen (secondary N) is 1. The SMILES string of the molecule is CCC[S+]([O-])c1nc(N)c2[nH]c(=O)n(CCc3ccc(C(=O)O)cc3)c2n1. The Morgan fingerprint density at radius 3 is 2.67 bits per heavy atom. The number of aromatic amines is 1. The van der Waals surface area contributed by atoms with Crippen molar-refractivity contribution in [1.82, 2.24) is 19.5 Å². The Kier molecular flexibility index (Phi) is 5.47. The first-order valence-corrected chi connectivity index (χ1v) is 9.69. The lowest BCUT2D eigenvalue weighted by Crippen LogP contribution is -2.19. The van der Waals surface area contributed by atoms with Crippen LogP contribution < -0.4 is 11.4 Å². The maximum Gasteiger partial charge on any atom is 0.346 e. The van der Waals surface area contributed by atoms with Gasteiger partial charge in [0.05, 0.1) is 5.56 Å². The first-order valence-electron chi connectivity index (χ1n) is 8.37. The minimum Gasteiger partial charge on any atom is -0.609 e. The quantitative estimate of drug-likeness (QED) is 0.405. The van der Waals surface area contributed by atoms with Crippen LogP contribution in [0.4, 0.5) is 5.82 Å². The number of fused-ring (bicyclic) bond motifs is 1. The van der Waals surface area contributed by atoms with E-state index in [9.17, 15) is 14.1 Å². The number of carboxylic acid groups (broad SMARTS) is 1. The van der Waals surface area contributed by atoms with E-state index in [1.165, 1.54) is 16.7 Å². The number of aryl methyl sites for hydroxylation is 2. The lowest BCUT2D eigenvalue weighted by atomic mass is 10.1. The van der Waals surface area contributed by atoms with Gasteiger partial charge in [-0.1, -0.05) is 19.1 Å². The number of rotatable bonds is 7. The van der Waals surface area contributed by atoms with E-state index in [0.717, 1.165) is 5.56 Å². The minimum atomic E-state index is -1.38. The second-order valence-corrected chi connectivity index (χ2v) is 7.44. The van der Waals surface area contributed by atoms with E-state index in [1.807, 2.05) is 6.92 Å². The molecule has 3 rings (SSSR count). The number of carbonyl (C=O) groups is 1. The molecule has 10 heteroatoms. The van der Waals surface area contributed by atoms with Gasteiger partial charge < -0.3 is 20.4 Å². The summed E-state index contributed by atoms with van der Waals surface area (Å²) in [5.41, 5.74) is 7.22. The maximum absolute atomic E-state index is 12.3. The Morgan fingerprint density at radius 1 is 1.33 bits per heavy atom. The number of anilines is 1. The molecule has 3 aromatic rings. The second kappa shape index (κ2) is 7.80. The largest absolute Gasteiger partial charge is 0.609 e. The predicted molar refractivity (Wildman–Crippen MR) is 101 cm³/mol. The van der Waals surface area contributed by atoms with Gasteiger partial charge in [0.15, 0.2) is 11.5 Å². The predicted octanol–water partition coefficient (Wildman–Crippen LogP) is 1.16. The lowest BCUT2D eigenvalue weighted by Gasteiger charge is -2.08. The van der Waals surface area contributed by atoms with Gasteiger partial charge in [-0.2, -0.15) is 9.97 Å². The fourth-order valence-electron chi connectivity index (χ4n) is 2.67. The van der Waals surface area contributed by atoms with Gasteiger partial charge >= 0.3 is 16.8 Å². The second-order valence-electron chi connectivity index (χ2n) is 5.97. The summed E-state index contributed by atoms with van der Waals surface area (Å²) in [5, 5.41) is 9.06. The fraction of sp³-hybridized carbons (Fsp3) is 0.294. The molecule has 2 aromatic heterocycles. The van der Waals surface area contributed by atoms with Crippen LogP contribution in [0.1, 0.15) is 29.3 Å². The summed E-state index contributed by atoms with van der Waals surface area (Å²) >= 11 is -1.38. The average molecular weight is 389 g/mol. The van der Waals surface area contributed by atoms with Crippen LogP contribution in [0.5, 0.6) is 0 Å². The highest BCUT2D eigenvalue weighted by Crippen LogP contribution is 2.18. The van der Waals surface area contributed by atoms with E-state index in [1.54, 1.807) is 12.1 Å². The molecule has 0 saturated carbocycles. The van der Waals surface area contributed by atoms with Gasteiger partial charge in [0.2, 0.25) is 0 Å². The van der Waals surface area contributed by atoms with E-state index >= 15 is 0 Å². The zero-order valence-electron chi connectivity index (χ0n) is 14.6. The Bertz CT molecular complexity index is 1030. The van der Waals surface area contributed by atoms with Gasteiger partial charge in [0.25, 0.3) is 0 Å². The van der Waals surface area contributed by atoms with Crippen LogP contribution in [0.15, 0.2) is 34.2 Å². The molecular weight excluding hydrogens is 370 g/mol. The topological polar surface area (TPSA) is 150 Å². The van der Waals surface area contributed by atoms with Crippen molar-refractivity contribution in [3.8, 4) is 0 Å². The molecule has 1 aromatic carbocycles. The number of nitrogens with zero attached hydrogens (tertiary/aromatic N) is 3. The van der Waals surface area contributed by atoms with Crippen LogP contribution >= 0.6 is 0 Å². The number of hydrogen-bond donors (Lipinski definition) is 3. The standard InChI is InChI=1S/C17H19N5O4S/c1-2-9-27(26)16-20-13(18)12-14(21-16)22(17(25)19-12)8-7-10-3-5-11(6-4-10)15(23)24/h3-6H,2,7-9H2,1H3,(H,19,25)(H,23,24)(H2,18,20,21). The minimum absolute atomic E-state index is 0.0844. The van der Waals surface area contributed by atoms with Crippen LogP contribution in [0.3, 0.4) is 0 Å². The maximum atomic E-state index is 12.3. The van der Waals surface area contributed by atoms with Crippen molar-refractivity contribution in [3.05, 3.63) is 45.9 Å². The van der Waals surface area contributed by atoms with E-state index < -0.39 is 17.1 Å². The van der Waals surface area contributed by atoms with Crippen LogP contribution in [-0.2, 0) is 24.1 Å². The molecule has 0 radical (unpaired) electrons. The summed E-state index contributed by atoms with van der Waals surface area (Å²) < 4.78 is 13.6. The summed E-state index contributed by atoms with van der Waals surface area (Å²) in [6, 6.07) is 6.44. The molecule has 4 N–H and O–H groups in total. The van der Waals surface area contributed by atoms with Crippen molar-refractivity contribution in [2.45, 2.75) is 31.5 Å². The van der Waals surface area contributed by atoms with E-state index in [0.29, 0.717) is 36.3 Å². The summed E-state index contributed by atoms with van der Waals surface area (Å²) in [6.07, 6.45) is 1.20. The summed E-state index contributed by atoms with van der Waals surface area (Å²) in [6.45, 7) is 2.21. The molecular formula is C17H19N5O4S. The Balaban J connectivity index is 1.90. The lowest BCUT2D eigenvalue weighted by molar-refractivity contribution is 0.0697. The normalized spacial score (nSPS) is 12.4. The van der Waals surface area contributed by atoms with Gasteiger partial charge in [-0.3, -0.25) is 4.57 Å². The molecule has 0 aliphatic carbocycles. The molecule has 0 amide bonds. The third kappa shape index (κ3) is 3.96. The zero-order chi connectivity index (χ0) is 19.6. The van der Waals surface area contributed by atoms with Crippen molar-refractivity contribution < 1.29 is 14.5 Å². The number of aromatic carboxylic acids is 1. The number of H-pyrrole nitrogens is 1. The van der Waals surface area contributed by atoms with Gasteiger partial charge in [0, 0.05) is 17.7 Å². The molecule has 1 atom stereocenters. The fourth-order valence-corrected chi connectivity index (χ4v) is 3.61. The number of nitrogen functional groups attached to an aromatic ring is 1. The van der Waals surface area contributed by atoms with Gasteiger partial charge in [-0.15, -0.1) is 0 Å². The van der Waals surface area contributed by atoms with Gasteiger partial charge in [0.1, 0.15) is 11.3 Å². The highest BCUT2D eigenvalue weighted by Gasteiger charge is 2.20. The number of aromatic nitrogens is 4. The van der Waals surface area contributed by atoms with E-state index in [-0.39, 0.29) is 22.2 Å². The third-order valence-corrected chi connectivity index (χ3v) is 5.42. The molecule has 0 fully saturated rings. The van der Waals surface area contributed by atoms with Crippen LogP contribution in [0.2, 0.25) is 0 Å². The number of benzene rings is 1. The Hall–Kier alpha value is -2.85. The van der Waals surface area contributed by atoms with Crippen molar-refractivity contribution in [3.63, 3.8) is 0 Å². The molecule has 0 spiro atoms. The highest BCUT2D eigenvalue weighted by atomic mass is 32.2. The Labute approximate surface area is 157 Å². The van der Waals surface area contributed by atoms with Crippen LogP contribution in [-0.4, -0.2) is 40.9 Å². The molecule has 1 unspecified atom stereocenters. The van der Waals surface area contributed by atoms with Crippen molar-refractivity contribution in [1.29, 1.82) is 0 Å². The van der Waals surface area contributed by atoms with Crippen molar-refractivity contribution in [2.24, 2.45) is 0 Å². The van der Waals surface area contributed by atoms with Gasteiger partial charge in [-0.05, 0) is 30.5 Å². The number of nitrogens with two attached hydrogens (primary N) is 1. The molecule has 142 valence electrons. The van der Waals surface area contributed by atoms with E-state index in [4.69, 9.17) is 10.8 Å². The zero-order valence-corrected chi connectivity index (χ0v) is 15.5. The van der Waals surface area contributed by atoms with Crippen LogP contribution in [0.25, 0.3) is 11.2 Å². The first-order chi connectivity index (χ1) is 12.9. The third-order valence-electron chi connectivity index (χ3n) is 4.05. The molecule has 0 aliphatic rings. The highest BCUT2D eigenvalue weighted by molar-refractivity contribution is 7.91. The number of imidazole rings is 1. The summed E-state index contributed by atoms with van der Waals surface area (Å²) in [7, 11) is 0. The molecule has 0 saturated heterocycles. The van der Waals surface area contributed by atoms with E-state index in [2.05, 4.69) is 15.0 Å².